The Bertz CT molecular complexity index is 1290. The van der Waals surface area contributed by atoms with Gasteiger partial charge in [-0.1, -0.05) is 47.5 Å². The van der Waals surface area contributed by atoms with E-state index in [0.717, 1.165) is 49.7 Å². The Balaban J connectivity index is 1.48. The van der Waals surface area contributed by atoms with Crippen LogP contribution in [0.1, 0.15) is 43.2 Å². The maximum Gasteiger partial charge on any atom is 0.243 e. The van der Waals surface area contributed by atoms with E-state index in [9.17, 15) is 18.0 Å². The Hall–Kier alpha value is -2.21. The van der Waals surface area contributed by atoms with Gasteiger partial charge < -0.3 is 20.3 Å². The zero-order chi connectivity index (χ0) is 29.4. The molecule has 2 heterocycles. The first-order chi connectivity index (χ1) is 19.6. The number of carbonyl (C=O) groups is 2. The average molecular weight is 626 g/mol. The van der Waals surface area contributed by atoms with Crippen molar-refractivity contribution in [2.45, 2.75) is 63.4 Å². The summed E-state index contributed by atoms with van der Waals surface area (Å²) in [7, 11) is -3.67. The molecular formula is C29H38Cl2N4O5S. The minimum absolute atomic E-state index is 0.178. The van der Waals surface area contributed by atoms with Gasteiger partial charge in [0.1, 0.15) is 12.1 Å². The molecule has 2 fully saturated rings. The lowest BCUT2D eigenvalue weighted by Crippen LogP contribution is -2.53. The summed E-state index contributed by atoms with van der Waals surface area (Å²) < 4.78 is 33.2. The molecular weight excluding hydrogens is 587 g/mol. The fourth-order valence-corrected chi connectivity index (χ4v) is 6.50. The SMILES string of the molecule is CS(=O)(=O)N[C@H](CCC1CCNCC1)C(=O)N1C[C@H](OCc2ccc(Cl)cc2)C[C@@H]1C(=O)NCc1cccc(Cl)c1. The first-order valence-corrected chi connectivity index (χ1v) is 16.6. The number of benzene rings is 2. The Morgan fingerprint density at radius 1 is 1.07 bits per heavy atom. The largest absolute Gasteiger partial charge is 0.372 e. The molecule has 3 N–H and O–H groups in total. The number of likely N-dealkylation sites (tertiary alicyclic amines) is 1. The van der Waals surface area contributed by atoms with E-state index in [1.807, 2.05) is 18.2 Å². The van der Waals surface area contributed by atoms with Crippen molar-refractivity contribution in [1.82, 2.24) is 20.3 Å². The van der Waals surface area contributed by atoms with E-state index >= 15 is 0 Å². The summed E-state index contributed by atoms with van der Waals surface area (Å²) in [4.78, 5) is 28.8. The van der Waals surface area contributed by atoms with Gasteiger partial charge in [0.2, 0.25) is 21.8 Å². The molecule has 2 aliphatic rings. The Kier molecular flexibility index (Phi) is 11.4. The van der Waals surface area contributed by atoms with Gasteiger partial charge in [0, 0.05) is 29.6 Å². The Labute approximate surface area is 252 Å². The van der Waals surface area contributed by atoms with Crippen molar-refractivity contribution in [1.29, 1.82) is 0 Å². The minimum Gasteiger partial charge on any atom is -0.372 e. The second-order valence-corrected chi connectivity index (χ2v) is 13.5. The van der Waals surface area contributed by atoms with Crippen LogP contribution in [0.25, 0.3) is 0 Å². The molecule has 2 saturated heterocycles. The number of nitrogens with one attached hydrogen (secondary N) is 3. The van der Waals surface area contributed by atoms with Gasteiger partial charge in [-0.2, -0.15) is 0 Å². The van der Waals surface area contributed by atoms with Crippen LogP contribution >= 0.6 is 23.2 Å². The van der Waals surface area contributed by atoms with Gasteiger partial charge >= 0.3 is 0 Å². The first kappa shape index (κ1) is 31.7. The number of piperidine rings is 1. The molecule has 0 saturated carbocycles. The molecule has 0 radical (unpaired) electrons. The highest BCUT2D eigenvalue weighted by atomic mass is 35.5. The van der Waals surface area contributed by atoms with Crippen molar-refractivity contribution in [2.24, 2.45) is 5.92 Å². The molecule has 224 valence electrons. The maximum absolute atomic E-state index is 13.9. The van der Waals surface area contributed by atoms with Gasteiger partial charge in [0.15, 0.2) is 0 Å². The van der Waals surface area contributed by atoms with E-state index in [1.54, 1.807) is 30.3 Å². The molecule has 3 atom stereocenters. The molecule has 2 amide bonds. The van der Waals surface area contributed by atoms with E-state index < -0.39 is 34.1 Å². The number of hydrogen-bond acceptors (Lipinski definition) is 6. The van der Waals surface area contributed by atoms with E-state index in [1.165, 1.54) is 4.90 Å². The molecule has 2 aromatic rings. The first-order valence-electron chi connectivity index (χ1n) is 13.9. The number of rotatable bonds is 12. The minimum atomic E-state index is -3.67. The lowest BCUT2D eigenvalue weighted by Gasteiger charge is -2.30. The fraction of sp³-hybridized carbons (Fsp3) is 0.517. The van der Waals surface area contributed by atoms with Crippen LogP contribution in [0.4, 0.5) is 0 Å². The summed E-state index contributed by atoms with van der Waals surface area (Å²) in [6.45, 7) is 2.54. The standard InChI is InChI=1S/C29H38Cl2N4O5S/c1-41(38,39)34-26(10-7-20-11-13-32-14-12-20)29(37)35-18-25(40-19-21-5-8-23(30)9-6-21)16-27(35)28(36)33-17-22-3-2-4-24(31)15-22/h2-6,8-9,15,20,25-27,32,34H,7,10-14,16-19H2,1H3,(H,33,36)/t25-,26-,27-/m1/s1. The molecule has 4 rings (SSSR count). The van der Waals surface area contributed by atoms with Crippen LogP contribution in [-0.4, -0.2) is 69.2 Å². The molecule has 41 heavy (non-hydrogen) atoms. The fourth-order valence-electron chi connectivity index (χ4n) is 5.42. The van der Waals surface area contributed by atoms with Crippen molar-refractivity contribution >= 4 is 45.0 Å². The second kappa shape index (κ2) is 14.8. The number of hydrogen-bond donors (Lipinski definition) is 3. The predicted molar refractivity (Wildman–Crippen MR) is 160 cm³/mol. The third-order valence-corrected chi connectivity index (χ3v) is 8.78. The lowest BCUT2D eigenvalue weighted by molar-refractivity contribution is -0.140. The van der Waals surface area contributed by atoms with Gasteiger partial charge in [0.25, 0.3) is 0 Å². The van der Waals surface area contributed by atoms with Crippen molar-refractivity contribution in [3.05, 3.63) is 69.7 Å². The van der Waals surface area contributed by atoms with E-state index in [4.69, 9.17) is 27.9 Å². The normalized spacial score (nSPS) is 20.6. The van der Waals surface area contributed by atoms with Crippen LogP contribution < -0.4 is 15.4 Å². The number of amides is 2. The number of carbonyl (C=O) groups excluding carboxylic acids is 2. The number of ether oxygens (including phenoxy) is 1. The molecule has 0 spiro atoms. The molecule has 2 aliphatic heterocycles. The van der Waals surface area contributed by atoms with E-state index in [0.29, 0.717) is 35.4 Å². The van der Waals surface area contributed by atoms with Crippen molar-refractivity contribution < 1.29 is 22.7 Å². The zero-order valence-electron chi connectivity index (χ0n) is 23.2. The molecule has 2 aromatic carbocycles. The van der Waals surface area contributed by atoms with E-state index in [2.05, 4.69) is 15.4 Å². The van der Waals surface area contributed by atoms with Crippen LogP contribution in [-0.2, 0) is 37.5 Å². The Morgan fingerprint density at radius 2 is 1.80 bits per heavy atom. The van der Waals surface area contributed by atoms with E-state index in [-0.39, 0.29) is 19.0 Å². The van der Waals surface area contributed by atoms with Crippen LogP contribution in [0.5, 0.6) is 0 Å². The highest BCUT2D eigenvalue weighted by Crippen LogP contribution is 2.26. The number of nitrogens with zero attached hydrogens (tertiary/aromatic N) is 1. The predicted octanol–water partition coefficient (Wildman–Crippen LogP) is 3.49. The summed E-state index contributed by atoms with van der Waals surface area (Å²) in [6.07, 6.45) is 3.99. The Morgan fingerprint density at radius 3 is 2.49 bits per heavy atom. The quantitative estimate of drug-likeness (QED) is 0.333. The highest BCUT2D eigenvalue weighted by molar-refractivity contribution is 7.88. The summed E-state index contributed by atoms with van der Waals surface area (Å²) in [5.41, 5.74) is 1.75. The van der Waals surface area contributed by atoms with Crippen LogP contribution in [0.2, 0.25) is 10.0 Å². The van der Waals surface area contributed by atoms with Gasteiger partial charge in [0.05, 0.1) is 19.0 Å². The number of halogens is 2. The summed E-state index contributed by atoms with van der Waals surface area (Å²) in [5.74, 6) is -0.323. The lowest BCUT2D eigenvalue weighted by atomic mass is 9.91. The monoisotopic (exact) mass is 624 g/mol. The highest BCUT2D eigenvalue weighted by Gasteiger charge is 2.42. The topological polar surface area (TPSA) is 117 Å². The molecule has 0 aromatic heterocycles. The summed E-state index contributed by atoms with van der Waals surface area (Å²) >= 11 is 12.1. The smallest absolute Gasteiger partial charge is 0.243 e. The van der Waals surface area contributed by atoms with Crippen molar-refractivity contribution in [3.8, 4) is 0 Å². The average Bonchev–Trinajstić information content (AvgIpc) is 3.38. The third kappa shape index (κ3) is 9.94. The molecule has 12 heteroatoms. The van der Waals surface area contributed by atoms with Crippen LogP contribution in [0.3, 0.4) is 0 Å². The molecule has 9 nitrogen and oxygen atoms in total. The third-order valence-electron chi connectivity index (χ3n) is 7.58. The summed E-state index contributed by atoms with van der Waals surface area (Å²) in [6, 6.07) is 12.7. The van der Waals surface area contributed by atoms with Gasteiger partial charge in [-0.05, 0) is 80.1 Å². The maximum atomic E-state index is 13.9. The van der Waals surface area contributed by atoms with Gasteiger partial charge in [-0.25, -0.2) is 13.1 Å². The zero-order valence-corrected chi connectivity index (χ0v) is 25.5. The summed E-state index contributed by atoms with van der Waals surface area (Å²) in [5, 5.41) is 7.43. The van der Waals surface area contributed by atoms with Crippen LogP contribution in [0, 0.1) is 5.92 Å². The van der Waals surface area contributed by atoms with Gasteiger partial charge in [-0.3, -0.25) is 9.59 Å². The second-order valence-electron chi connectivity index (χ2n) is 10.9. The van der Waals surface area contributed by atoms with Crippen LogP contribution in [0.15, 0.2) is 48.5 Å². The molecule has 0 unspecified atom stereocenters. The molecule has 0 aliphatic carbocycles. The van der Waals surface area contributed by atoms with Gasteiger partial charge in [-0.15, -0.1) is 0 Å². The molecule has 0 bridgehead atoms. The number of sulfonamides is 1. The van der Waals surface area contributed by atoms with Crippen molar-refractivity contribution in [2.75, 3.05) is 25.9 Å². The van der Waals surface area contributed by atoms with Crippen molar-refractivity contribution in [3.63, 3.8) is 0 Å².